The van der Waals surface area contributed by atoms with Gasteiger partial charge in [-0.15, -0.1) is 0 Å². The van der Waals surface area contributed by atoms with Crippen LogP contribution in [-0.2, 0) is 13.0 Å². The number of nitrogens with zero attached hydrogens (tertiary/aromatic N) is 1. The molecule has 2 aromatic rings. The number of nitrogens with one attached hydrogen (secondary N) is 2. The second-order valence-corrected chi connectivity index (χ2v) is 5.89. The molecule has 0 atom stereocenters. The van der Waals surface area contributed by atoms with Crippen LogP contribution in [0.3, 0.4) is 0 Å². The Hall–Kier alpha value is -2.83. The smallest absolute Gasteiger partial charge is 0.387 e. The molecule has 0 radical (unpaired) electrons. The van der Waals surface area contributed by atoms with Crippen molar-refractivity contribution in [2.75, 3.05) is 20.7 Å². The average molecular weight is 377 g/mol. The molecule has 0 saturated carbocycles. The van der Waals surface area contributed by atoms with Gasteiger partial charge < -0.3 is 20.1 Å². The molecule has 7 heteroatoms. The summed E-state index contributed by atoms with van der Waals surface area (Å²) >= 11 is 0. The van der Waals surface area contributed by atoms with E-state index >= 15 is 0 Å². The fourth-order valence-electron chi connectivity index (χ4n) is 2.61. The number of aryl methyl sites for hydroxylation is 1. The van der Waals surface area contributed by atoms with Gasteiger partial charge in [-0.3, -0.25) is 4.99 Å². The highest BCUT2D eigenvalue weighted by molar-refractivity contribution is 5.79. The average Bonchev–Trinajstić information content (AvgIpc) is 2.66. The summed E-state index contributed by atoms with van der Waals surface area (Å²) in [6, 6.07) is 12.8. The summed E-state index contributed by atoms with van der Waals surface area (Å²) in [6.07, 6.45) is 0.794. The first kappa shape index (κ1) is 20.5. The van der Waals surface area contributed by atoms with Gasteiger partial charge in [0.1, 0.15) is 11.5 Å². The lowest BCUT2D eigenvalue weighted by molar-refractivity contribution is -0.0504. The Kier molecular flexibility index (Phi) is 7.85. The van der Waals surface area contributed by atoms with Gasteiger partial charge in [0.15, 0.2) is 5.96 Å². The van der Waals surface area contributed by atoms with Crippen LogP contribution in [0.4, 0.5) is 8.78 Å². The molecule has 2 N–H and O–H groups in total. The van der Waals surface area contributed by atoms with Gasteiger partial charge in [0, 0.05) is 25.7 Å². The normalized spacial score (nSPS) is 11.4. The fourth-order valence-corrected chi connectivity index (χ4v) is 2.61. The summed E-state index contributed by atoms with van der Waals surface area (Å²) in [5.74, 6) is 1.61. The number of guanidine groups is 1. The minimum Gasteiger partial charge on any atom is -0.496 e. The highest BCUT2D eigenvalue weighted by Crippen LogP contribution is 2.20. The van der Waals surface area contributed by atoms with Crippen LogP contribution in [0.15, 0.2) is 47.5 Å². The number of hydrogen-bond donors (Lipinski definition) is 2. The molecular formula is C20H25F2N3O2. The SMILES string of the molecule is CN=C(NCCc1ccc(C)c(OC)c1)NCc1ccccc1OC(F)F. The van der Waals surface area contributed by atoms with E-state index in [0.717, 1.165) is 23.3 Å². The summed E-state index contributed by atoms with van der Waals surface area (Å²) in [6.45, 7) is 0.139. The molecule has 0 unspecified atom stereocenters. The molecule has 27 heavy (non-hydrogen) atoms. The Morgan fingerprint density at radius 2 is 1.89 bits per heavy atom. The van der Waals surface area contributed by atoms with Crippen molar-refractivity contribution in [2.45, 2.75) is 26.5 Å². The molecule has 0 bridgehead atoms. The lowest BCUT2D eigenvalue weighted by Gasteiger charge is -2.15. The Bertz CT molecular complexity index is 767. The van der Waals surface area contributed by atoms with E-state index in [9.17, 15) is 8.78 Å². The first-order chi connectivity index (χ1) is 13.0. The molecule has 2 rings (SSSR count). The van der Waals surface area contributed by atoms with Gasteiger partial charge in [-0.1, -0.05) is 30.3 Å². The first-order valence-electron chi connectivity index (χ1n) is 8.64. The minimum atomic E-state index is -2.85. The molecule has 146 valence electrons. The van der Waals surface area contributed by atoms with Gasteiger partial charge in [-0.2, -0.15) is 8.78 Å². The predicted molar refractivity (Wildman–Crippen MR) is 103 cm³/mol. The molecule has 5 nitrogen and oxygen atoms in total. The van der Waals surface area contributed by atoms with Crippen LogP contribution in [-0.4, -0.2) is 33.3 Å². The van der Waals surface area contributed by atoms with E-state index in [1.165, 1.54) is 6.07 Å². The molecular weight excluding hydrogens is 352 g/mol. The van der Waals surface area contributed by atoms with Crippen molar-refractivity contribution >= 4 is 5.96 Å². The van der Waals surface area contributed by atoms with Crippen molar-refractivity contribution in [1.29, 1.82) is 0 Å². The quantitative estimate of drug-likeness (QED) is 0.546. The van der Waals surface area contributed by atoms with Crippen molar-refractivity contribution in [3.63, 3.8) is 0 Å². The second kappa shape index (κ2) is 10.4. The Morgan fingerprint density at radius 1 is 1.11 bits per heavy atom. The van der Waals surface area contributed by atoms with Gasteiger partial charge in [0.05, 0.1) is 7.11 Å². The van der Waals surface area contributed by atoms with Crippen LogP contribution in [0.25, 0.3) is 0 Å². The van der Waals surface area contributed by atoms with Gasteiger partial charge in [0.25, 0.3) is 0 Å². The molecule has 0 aliphatic rings. The third kappa shape index (κ3) is 6.44. The lowest BCUT2D eigenvalue weighted by atomic mass is 10.1. The number of para-hydroxylation sites is 1. The largest absolute Gasteiger partial charge is 0.496 e. The summed E-state index contributed by atoms with van der Waals surface area (Å²) in [5.41, 5.74) is 2.87. The fraction of sp³-hybridized carbons (Fsp3) is 0.350. The number of aliphatic imine (C=N–C) groups is 1. The van der Waals surface area contributed by atoms with Gasteiger partial charge in [0.2, 0.25) is 0 Å². The van der Waals surface area contributed by atoms with Crippen LogP contribution in [0, 0.1) is 6.92 Å². The van der Waals surface area contributed by atoms with Crippen LogP contribution in [0.2, 0.25) is 0 Å². The molecule has 0 saturated heterocycles. The topological polar surface area (TPSA) is 54.9 Å². The molecule has 0 aliphatic carbocycles. The highest BCUT2D eigenvalue weighted by Gasteiger charge is 2.09. The van der Waals surface area contributed by atoms with Crippen molar-refractivity contribution in [1.82, 2.24) is 10.6 Å². The summed E-state index contributed by atoms with van der Waals surface area (Å²) < 4.78 is 34.8. The maximum Gasteiger partial charge on any atom is 0.387 e. The van der Waals surface area contributed by atoms with E-state index in [1.54, 1.807) is 32.4 Å². The van der Waals surface area contributed by atoms with E-state index in [-0.39, 0.29) is 5.75 Å². The lowest BCUT2D eigenvalue weighted by Crippen LogP contribution is -2.38. The van der Waals surface area contributed by atoms with Crippen LogP contribution in [0.5, 0.6) is 11.5 Å². The number of ether oxygens (including phenoxy) is 2. The monoisotopic (exact) mass is 377 g/mol. The maximum atomic E-state index is 12.5. The standard InChI is InChI=1S/C20H25F2N3O2/c1-14-8-9-15(12-18(14)26-3)10-11-24-20(23-2)25-13-16-6-4-5-7-17(16)27-19(21)22/h4-9,12,19H,10-11,13H2,1-3H3,(H2,23,24,25). The van der Waals surface area contributed by atoms with Gasteiger partial charge >= 0.3 is 6.61 Å². The molecule has 0 spiro atoms. The van der Waals surface area contributed by atoms with Crippen molar-refractivity contribution < 1.29 is 18.3 Å². The second-order valence-electron chi connectivity index (χ2n) is 5.89. The zero-order valence-corrected chi connectivity index (χ0v) is 15.8. The van der Waals surface area contributed by atoms with Crippen molar-refractivity contribution in [2.24, 2.45) is 4.99 Å². The summed E-state index contributed by atoms with van der Waals surface area (Å²) in [5, 5.41) is 6.32. The molecule has 0 heterocycles. The number of rotatable bonds is 8. The summed E-state index contributed by atoms with van der Waals surface area (Å²) in [4.78, 5) is 4.15. The number of hydrogen-bond acceptors (Lipinski definition) is 3. The van der Waals surface area contributed by atoms with E-state index in [1.807, 2.05) is 19.1 Å². The van der Waals surface area contributed by atoms with E-state index in [2.05, 4.69) is 26.4 Å². The number of methoxy groups -OCH3 is 1. The van der Waals surface area contributed by atoms with E-state index < -0.39 is 6.61 Å². The Labute approximate surface area is 158 Å². The molecule has 0 aliphatic heterocycles. The molecule has 0 amide bonds. The van der Waals surface area contributed by atoms with Crippen molar-refractivity contribution in [3.05, 3.63) is 59.2 Å². The predicted octanol–water partition coefficient (Wildman–Crippen LogP) is 3.51. The number of halogens is 2. The van der Waals surface area contributed by atoms with Crippen molar-refractivity contribution in [3.8, 4) is 11.5 Å². The number of benzene rings is 2. The zero-order valence-electron chi connectivity index (χ0n) is 15.8. The number of alkyl halides is 2. The van der Waals surface area contributed by atoms with Crippen LogP contribution < -0.4 is 20.1 Å². The Balaban J connectivity index is 1.86. The molecule has 0 aromatic heterocycles. The Morgan fingerprint density at radius 3 is 2.59 bits per heavy atom. The first-order valence-corrected chi connectivity index (χ1v) is 8.64. The third-order valence-corrected chi connectivity index (χ3v) is 4.04. The third-order valence-electron chi connectivity index (χ3n) is 4.04. The molecule has 0 fully saturated rings. The maximum absolute atomic E-state index is 12.5. The zero-order chi connectivity index (χ0) is 19.6. The van der Waals surface area contributed by atoms with E-state index in [4.69, 9.17) is 4.74 Å². The van der Waals surface area contributed by atoms with Crippen LogP contribution >= 0.6 is 0 Å². The highest BCUT2D eigenvalue weighted by atomic mass is 19.3. The minimum absolute atomic E-state index is 0.155. The van der Waals surface area contributed by atoms with Crippen LogP contribution in [0.1, 0.15) is 16.7 Å². The summed E-state index contributed by atoms with van der Waals surface area (Å²) in [7, 11) is 3.32. The van der Waals surface area contributed by atoms with Gasteiger partial charge in [-0.25, -0.2) is 0 Å². The van der Waals surface area contributed by atoms with Gasteiger partial charge in [-0.05, 0) is 36.6 Å². The molecule has 2 aromatic carbocycles. The van der Waals surface area contributed by atoms with E-state index in [0.29, 0.717) is 24.6 Å².